The van der Waals surface area contributed by atoms with Crippen LogP contribution >= 0.6 is 11.8 Å². The lowest BCUT2D eigenvalue weighted by molar-refractivity contribution is -0.129. The number of urea groups is 1. The summed E-state index contributed by atoms with van der Waals surface area (Å²) >= 11 is 5.66. The number of nitrogens with zero attached hydrogens (tertiary/aromatic N) is 1. The Bertz CT molecular complexity index is 562. The van der Waals surface area contributed by atoms with Crippen molar-refractivity contribution in [1.82, 2.24) is 9.74 Å². The van der Waals surface area contributed by atoms with Gasteiger partial charge in [-0.3, -0.25) is 10.2 Å². The molecule has 0 atom stereocenters. The van der Waals surface area contributed by atoms with Crippen molar-refractivity contribution in [3.63, 3.8) is 0 Å². The van der Waals surface area contributed by atoms with Crippen LogP contribution in [-0.4, -0.2) is 39.7 Å². The summed E-state index contributed by atoms with van der Waals surface area (Å²) in [6, 6.07) is 8.09. The molecule has 0 fully saturated rings. The topological polar surface area (TPSA) is 111 Å². The van der Waals surface area contributed by atoms with E-state index in [9.17, 15) is 14.4 Å². The Morgan fingerprint density at radius 3 is 2.45 bits per heavy atom. The molecule has 3 N–H and O–H groups in total. The van der Waals surface area contributed by atoms with Gasteiger partial charge in [-0.2, -0.15) is 4.42 Å². The first-order chi connectivity index (χ1) is 10.4. The first-order valence-electron chi connectivity index (χ1n) is 6.53. The Hall–Kier alpha value is -2.41. The van der Waals surface area contributed by atoms with E-state index in [2.05, 4.69) is 5.32 Å². The van der Waals surface area contributed by atoms with E-state index in [-0.39, 0.29) is 25.8 Å². The number of carboxylic acids is 1. The van der Waals surface area contributed by atoms with Gasteiger partial charge in [-0.1, -0.05) is 30.3 Å². The van der Waals surface area contributed by atoms with Gasteiger partial charge in [-0.25, -0.2) is 9.59 Å². The van der Waals surface area contributed by atoms with Crippen LogP contribution in [0.25, 0.3) is 0 Å². The maximum Gasteiger partial charge on any atom is 0.349 e. The predicted octanol–water partition coefficient (Wildman–Crippen LogP) is 1.81. The van der Waals surface area contributed by atoms with Crippen LogP contribution in [0.5, 0.6) is 0 Å². The van der Waals surface area contributed by atoms with E-state index in [4.69, 9.17) is 22.3 Å². The second-order valence-electron chi connectivity index (χ2n) is 4.46. The van der Waals surface area contributed by atoms with E-state index in [0.29, 0.717) is 4.42 Å². The number of aliphatic carboxylic acids is 1. The van der Waals surface area contributed by atoms with E-state index in [1.807, 2.05) is 6.07 Å². The maximum absolute atomic E-state index is 11.8. The Kier molecular flexibility index (Phi) is 7.04. The van der Waals surface area contributed by atoms with Crippen molar-refractivity contribution in [3.05, 3.63) is 35.9 Å². The second-order valence-corrected chi connectivity index (χ2v) is 4.79. The first-order valence-corrected chi connectivity index (χ1v) is 6.87. The number of imide groups is 1. The highest BCUT2D eigenvalue weighted by Crippen LogP contribution is 2.05. The van der Waals surface area contributed by atoms with Crippen molar-refractivity contribution in [2.24, 2.45) is 0 Å². The van der Waals surface area contributed by atoms with Crippen LogP contribution in [0.4, 0.5) is 4.79 Å². The molecule has 0 saturated carbocycles. The molecule has 22 heavy (non-hydrogen) atoms. The van der Waals surface area contributed by atoms with Gasteiger partial charge >= 0.3 is 12.0 Å². The van der Waals surface area contributed by atoms with Crippen LogP contribution in [0.2, 0.25) is 0 Å². The molecule has 0 heterocycles. The van der Waals surface area contributed by atoms with Crippen molar-refractivity contribution >= 4 is 35.4 Å². The number of halogens is 1. The number of carbonyl (C=O) groups is 3. The normalized spacial score (nSPS) is 9.86. The number of nitrogens with one attached hydrogen (secondary N) is 2. The smallest absolute Gasteiger partial charge is 0.349 e. The predicted molar refractivity (Wildman–Crippen MR) is 80.8 cm³/mol. The number of rotatable bonds is 7. The molecule has 7 nitrogen and oxygen atoms in total. The molecule has 1 aromatic rings. The van der Waals surface area contributed by atoms with Crippen LogP contribution in [0.1, 0.15) is 18.4 Å². The molecule has 0 aliphatic rings. The lowest BCUT2D eigenvalue weighted by atomic mass is 10.1. The van der Waals surface area contributed by atoms with E-state index < -0.39 is 23.6 Å². The summed E-state index contributed by atoms with van der Waals surface area (Å²) in [5, 5.41) is 18.0. The van der Waals surface area contributed by atoms with Crippen molar-refractivity contribution in [2.75, 3.05) is 6.54 Å². The van der Waals surface area contributed by atoms with Crippen LogP contribution in [-0.2, 0) is 16.0 Å². The minimum absolute atomic E-state index is 0.00141. The molecule has 3 amide bonds. The van der Waals surface area contributed by atoms with Crippen LogP contribution in [0, 0.1) is 5.41 Å². The molecular formula is C14H16ClN3O4. The molecule has 0 aliphatic carbocycles. The second kappa shape index (κ2) is 8.78. The minimum Gasteiger partial charge on any atom is -0.477 e. The highest BCUT2D eigenvalue weighted by Gasteiger charge is 2.19. The van der Waals surface area contributed by atoms with Crippen LogP contribution < -0.4 is 5.32 Å². The van der Waals surface area contributed by atoms with Gasteiger partial charge < -0.3 is 10.4 Å². The maximum atomic E-state index is 11.8. The molecule has 8 heteroatoms. The summed E-state index contributed by atoms with van der Waals surface area (Å²) in [6.07, 6.45) is 0.297. The number of carbonyl (C=O) groups excluding carboxylic acids is 2. The third-order valence-electron chi connectivity index (χ3n) is 2.73. The lowest BCUT2D eigenvalue weighted by Crippen LogP contribution is -2.39. The number of amides is 3. The molecule has 0 aromatic heterocycles. The average molecular weight is 326 g/mol. The molecule has 0 bridgehead atoms. The molecule has 1 aromatic carbocycles. The number of carboxylic acid groups (broad SMARTS) is 1. The molecular weight excluding hydrogens is 310 g/mol. The standard InChI is InChI=1S/C14H16ClN3O4/c15-18(12(19)9-10-5-2-1-3-6-10)14(22)17-8-4-7-11(16)13(20)21/h1-3,5-6,16H,4,7-9H2,(H,17,22)(H,20,21). The molecule has 0 radical (unpaired) electrons. The van der Waals surface area contributed by atoms with Crippen LogP contribution in [0.15, 0.2) is 30.3 Å². The van der Waals surface area contributed by atoms with Crippen molar-refractivity contribution in [3.8, 4) is 0 Å². The Morgan fingerprint density at radius 1 is 1.23 bits per heavy atom. The summed E-state index contributed by atoms with van der Waals surface area (Å²) in [7, 11) is 0. The molecule has 0 unspecified atom stereocenters. The zero-order valence-electron chi connectivity index (χ0n) is 11.7. The Balaban J connectivity index is 2.34. The van der Waals surface area contributed by atoms with Gasteiger partial charge in [0.1, 0.15) is 5.71 Å². The number of benzene rings is 1. The van der Waals surface area contributed by atoms with E-state index in [1.54, 1.807) is 24.3 Å². The number of hydrogen-bond donors (Lipinski definition) is 3. The van der Waals surface area contributed by atoms with Crippen LogP contribution in [0.3, 0.4) is 0 Å². The molecule has 0 aliphatic heterocycles. The summed E-state index contributed by atoms with van der Waals surface area (Å²) in [5.41, 5.74) is 0.304. The fourth-order valence-electron chi connectivity index (χ4n) is 1.59. The van der Waals surface area contributed by atoms with Gasteiger partial charge in [-0.05, 0) is 18.4 Å². The molecule has 1 rings (SSSR count). The van der Waals surface area contributed by atoms with Crippen molar-refractivity contribution in [1.29, 1.82) is 5.41 Å². The largest absolute Gasteiger partial charge is 0.477 e. The van der Waals surface area contributed by atoms with Gasteiger partial charge in [0.2, 0.25) is 5.91 Å². The summed E-state index contributed by atoms with van der Waals surface area (Å²) in [6.45, 7) is 0.121. The highest BCUT2D eigenvalue weighted by molar-refractivity contribution is 6.34. The fraction of sp³-hybridized carbons (Fsp3) is 0.286. The molecule has 118 valence electrons. The van der Waals surface area contributed by atoms with Crippen molar-refractivity contribution in [2.45, 2.75) is 19.3 Å². The number of hydrogen-bond acceptors (Lipinski definition) is 4. The van der Waals surface area contributed by atoms with E-state index >= 15 is 0 Å². The lowest BCUT2D eigenvalue weighted by Gasteiger charge is -2.13. The third kappa shape index (κ3) is 5.92. The fourth-order valence-corrected chi connectivity index (χ4v) is 1.71. The SMILES string of the molecule is N=C(CCCNC(=O)N(Cl)C(=O)Cc1ccccc1)C(=O)O. The quantitative estimate of drug-likeness (QED) is 0.403. The zero-order valence-corrected chi connectivity index (χ0v) is 12.5. The zero-order chi connectivity index (χ0) is 16.5. The average Bonchev–Trinajstić information content (AvgIpc) is 2.51. The highest BCUT2D eigenvalue weighted by atomic mass is 35.5. The van der Waals surface area contributed by atoms with E-state index in [0.717, 1.165) is 5.56 Å². The van der Waals surface area contributed by atoms with E-state index in [1.165, 1.54) is 0 Å². The summed E-state index contributed by atoms with van der Waals surface area (Å²) < 4.78 is 0.468. The van der Waals surface area contributed by atoms with Gasteiger partial charge in [-0.15, -0.1) is 0 Å². The Labute approximate surface area is 132 Å². The molecule has 0 spiro atoms. The first kappa shape index (κ1) is 17.6. The third-order valence-corrected chi connectivity index (χ3v) is 3.08. The summed E-state index contributed by atoms with van der Waals surface area (Å²) in [5.74, 6) is -1.85. The van der Waals surface area contributed by atoms with Gasteiger partial charge in [0.05, 0.1) is 6.42 Å². The Morgan fingerprint density at radius 2 is 1.86 bits per heavy atom. The van der Waals surface area contributed by atoms with Crippen molar-refractivity contribution < 1.29 is 19.5 Å². The van der Waals surface area contributed by atoms with Gasteiger partial charge in [0.15, 0.2) is 0 Å². The monoisotopic (exact) mass is 325 g/mol. The van der Waals surface area contributed by atoms with Gasteiger partial charge in [0.25, 0.3) is 0 Å². The van der Waals surface area contributed by atoms with Gasteiger partial charge in [0, 0.05) is 18.3 Å². The summed E-state index contributed by atoms with van der Waals surface area (Å²) in [4.78, 5) is 33.9. The molecule has 0 saturated heterocycles. The minimum atomic E-state index is -1.29.